The second kappa shape index (κ2) is 5.68. The lowest BCUT2D eigenvalue weighted by atomic mass is 10.1. The van der Waals surface area contributed by atoms with Crippen molar-refractivity contribution in [2.45, 2.75) is 12.3 Å². The van der Waals surface area contributed by atoms with Gasteiger partial charge in [-0.05, 0) is 30.7 Å². The molecule has 3 aromatic rings. The maximum atomic E-state index is 12.7. The molecule has 0 bridgehead atoms. The minimum absolute atomic E-state index is 0.0574. The summed E-state index contributed by atoms with van der Waals surface area (Å²) in [5, 5.41) is 14.6. The third-order valence-electron chi connectivity index (χ3n) is 4.25. The van der Waals surface area contributed by atoms with E-state index in [9.17, 15) is 4.79 Å². The van der Waals surface area contributed by atoms with Crippen LogP contribution in [0.3, 0.4) is 0 Å². The average Bonchev–Trinajstić information content (AvgIpc) is 3.36. The van der Waals surface area contributed by atoms with Gasteiger partial charge in [-0.2, -0.15) is 5.10 Å². The Morgan fingerprint density at radius 2 is 2.09 bits per heavy atom. The molecule has 4 rings (SSSR count). The summed E-state index contributed by atoms with van der Waals surface area (Å²) in [5.41, 5.74) is 2.66. The van der Waals surface area contributed by atoms with Gasteiger partial charge >= 0.3 is 0 Å². The van der Waals surface area contributed by atoms with E-state index in [1.54, 1.807) is 23.4 Å². The zero-order valence-electron chi connectivity index (χ0n) is 12.5. The molecule has 0 aliphatic carbocycles. The summed E-state index contributed by atoms with van der Waals surface area (Å²) in [4.78, 5) is 14.6. The van der Waals surface area contributed by atoms with Gasteiger partial charge in [0.25, 0.3) is 5.91 Å². The van der Waals surface area contributed by atoms with E-state index >= 15 is 0 Å². The molecule has 1 unspecified atom stereocenters. The first kappa shape index (κ1) is 13.7. The third kappa shape index (κ3) is 2.61. The lowest BCUT2D eigenvalue weighted by molar-refractivity contribution is 0.0790. The van der Waals surface area contributed by atoms with E-state index in [4.69, 9.17) is 0 Å². The Bertz CT molecular complexity index is 796. The fourth-order valence-corrected chi connectivity index (χ4v) is 3.01. The van der Waals surface area contributed by atoms with E-state index in [1.165, 1.54) is 0 Å². The van der Waals surface area contributed by atoms with Gasteiger partial charge in [0.15, 0.2) is 0 Å². The number of likely N-dealkylation sites (tertiary alicyclic amines) is 1. The van der Waals surface area contributed by atoms with Crippen LogP contribution in [0.4, 0.5) is 0 Å². The highest BCUT2D eigenvalue weighted by Crippen LogP contribution is 2.26. The quantitative estimate of drug-likeness (QED) is 0.797. The highest BCUT2D eigenvalue weighted by Gasteiger charge is 2.28. The number of hydrogen-bond acceptors (Lipinski definition) is 4. The van der Waals surface area contributed by atoms with Gasteiger partial charge in [-0.1, -0.05) is 6.07 Å². The molecule has 1 N–H and O–H groups in total. The predicted molar refractivity (Wildman–Crippen MR) is 83.2 cm³/mol. The van der Waals surface area contributed by atoms with Crippen molar-refractivity contribution in [3.63, 3.8) is 0 Å². The zero-order valence-corrected chi connectivity index (χ0v) is 12.5. The number of amides is 1. The van der Waals surface area contributed by atoms with Crippen LogP contribution in [0.5, 0.6) is 0 Å². The lowest BCUT2D eigenvalue weighted by Crippen LogP contribution is -2.28. The summed E-state index contributed by atoms with van der Waals surface area (Å²) >= 11 is 0. The molecular weight excluding hydrogens is 292 g/mol. The van der Waals surface area contributed by atoms with Gasteiger partial charge in [0.05, 0.1) is 0 Å². The molecule has 1 atom stereocenters. The molecule has 1 aromatic carbocycles. The molecule has 1 aliphatic heterocycles. The first-order valence-electron chi connectivity index (χ1n) is 7.55. The van der Waals surface area contributed by atoms with Crippen LogP contribution in [-0.4, -0.2) is 48.9 Å². The first-order chi connectivity index (χ1) is 11.3. The second-order valence-electron chi connectivity index (χ2n) is 5.67. The molecule has 1 saturated heterocycles. The van der Waals surface area contributed by atoms with Gasteiger partial charge in [-0.15, -0.1) is 10.2 Å². The van der Waals surface area contributed by atoms with E-state index in [1.807, 2.05) is 35.2 Å². The fourth-order valence-electron chi connectivity index (χ4n) is 3.01. The largest absolute Gasteiger partial charge is 0.338 e. The van der Waals surface area contributed by atoms with Gasteiger partial charge in [0, 0.05) is 42.1 Å². The summed E-state index contributed by atoms with van der Waals surface area (Å²) in [6.07, 6.45) is 5.95. The van der Waals surface area contributed by atoms with Crippen LogP contribution < -0.4 is 0 Å². The fraction of sp³-hybridized carbons (Fsp3) is 0.250. The minimum atomic E-state index is 0.0574. The number of aromatic nitrogens is 5. The van der Waals surface area contributed by atoms with Crippen LogP contribution in [-0.2, 0) is 0 Å². The molecule has 1 fully saturated rings. The van der Waals surface area contributed by atoms with Gasteiger partial charge in [-0.25, -0.2) is 0 Å². The lowest BCUT2D eigenvalue weighted by Gasteiger charge is -2.17. The van der Waals surface area contributed by atoms with Gasteiger partial charge in [0.1, 0.15) is 12.7 Å². The summed E-state index contributed by atoms with van der Waals surface area (Å²) < 4.78 is 1.79. The molecule has 7 nitrogen and oxygen atoms in total. The molecular formula is C16H16N6O. The second-order valence-corrected chi connectivity index (χ2v) is 5.67. The molecule has 116 valence electrons. The number of benzene rings is 1. The Morgan fingerprint density at radius 3 is 2.87 bits per heavy atom. The van der Waals surface area contributed by atoms with Crippen molar-refractivity contribution >= 4 is 5.91 Å². The predicted octanol–water partition coefficient (Wildman–Crippen LogP) is 1.62. The summed E-state index contributed by atoms with van der Waals surface area (Å²) in [7, 11) is 0. The molecule has 2 aromatic heterocycles. The molecule has 0 radical (unpaired) electrons. The highest BCUT2D eigenvalue weighted by molar-refractivity contribution is 5.95. The first-order valence-corrected chi connectivity index (χ1v) is 7.55. The standard InChI is InChI=1S/C16H16N6O/c23-16(21-7-5-13(9-21)15-4-6-17-20-15)12-2-1-3-14(8-12)22-10-18-19-11-22/h1-4,6,8,10-11,13H,5,7,9H2,(H,17,20). The number of carbonyl (C=O) groups is 1. The van der Waals surface area contributed by atoms with Crippen molar-refractivity contribution in [2.75, 3.05) is 13.1 Å². The van der Waals surface area contributed by atoms with Crippen molar-refractivity contribution in [1.82, 2.24) is 29.9 Å². The number of aromatic amines is 1. The summed E-state index contributed by atoms with van der Waals surface area (Å²) in [5.74, 6) is 0.393. The molecule has 23 heavy (non-hydrogen) atoms. The smallest absolute Gasteiger partial charge is 0.253 e. The average molecular weight is 308 g/mol. The van der Waals surface area contributed by atoms with Crippen LogP contribution in [0.2, 0.25) is 0 Å². The van der Waals surface area contributed by atoms with Crippen LogP contribution in [0.1, 0.15) is 28.4 Å². The van der Waals surface area contributed by atoms with E-state index in [0.29, 0.717) is 11.5 Å². The van der Waals surface area contributed by atoms with Gasteiger partial charge in [-0.3, -0.25) is 14.5 Å². The number of H-pyrrole nitrogens is 1. The SMILES string of the molecule is O=C(c1cccc(-n2cnnc2)c1)N1CCC(c2ccn[nH]2)C1. The molecule has 0 saturated carbocycles. The number of nitrogens with one attached hydrogen (secondary N) is 1. The monoisotopic (exact) mass is 308 g/mol. The topological polar surface area (TPSA) is 79.7 Å². The van der Waals surface area contributed by atoms with Crippen LogP contribution in [0, 0.1) is 0 Å². The normalized spacial score (nSPS) is 17.6. The number of hydrogen-bond donors (Lipinski definition) is 1. The minimum Gasteiger partial charge on any atom is -0.338 e. The Balaban J connectivity index is 1.52. The third-order valence-corrected chi connectivity index (χ3v) is 4.25. The maximum absolute atomic E-state index is 12.7. The van der Waals surface area contributed by atoms with E-state index in [2.05, 4.69) is 20.4 Å². The van der Waals surface area contributed by atoms with Crippen molar-refractivity contribution in [3.05, 3.63) is 60.4 Å². The Kier molecular flexibility index (Phi) is 3.38. The van der Waals surface area contributed by atoms with E-state index in [0.717, 1.165) is 30.9 Å². The number of rotatable bonds is 3. The van der Waals surface area contributed by atoms with Crippen molar-refractivity contribution in [3.8, 4) is 5.69 Å². The molecule has 1 aliphatic rings. The summed E-state index contributed by atoms with van der Waals surface area (Å²) in [6, 6.07) is 9.50. The molecule has 0 spiro atoms. The Hall–Kier alpha value is -2.96. The van der Waals surface area contributed by atoms with Crippen molar-refractivity contribution in [1.29, 1.82) is 0 Å². The van der Waals surface area contributed by atoms with Crippen molar-refractivity contribution < 1.29 is 4.79 Å². The van der Waals surface area contributed by atoms with Crippen LogP contribution in [0.25, 0.3) is 5.69 Å². The van der Waals surface area contributed by atoms with Gasteiger partial charge < -0.3 is 4.90 Å². The number of carbonyl (C=O) groups excluding carboxylic acids is 1. The Labute approximate surface area is 133 Å². The van der Waals surface area contributed by atoms with E-state index in [-0.39, 0.29) is 5.91 Å². The number of nitrogens with zero attached hydrogens (tertiary/aromatic N) is 5. The highest BCUT2D eigenvalue weighted by atomic mass is 16.2. The molecule has 1 amide bonds. The Morgan fingerprint density at radius 1 is 1.22 bits per heavy atom. The van der Waals surface area contributed by atoms with Crippen molar-refractivity contribution in [2.24, 2.45) is 0 Å². The van der Waals surface area contributed by atoms with Crippen LogP contribution >= 0.6 is 0 Å². The van der Waals surface area contributed by atoms with E-state index < -0.39 is 0 Å². The molecule has 7 heteroatoms. The maximum Gasteiger partial charge on any atom is 0.253 e. The van der Waals surface area contributed by atoms with Crippen LogP contribution in [0.15, 0.2) is 49.2 Å². The molecule has 3 heterocycles. The summed E-state index contributed by atoms with van der Waals surface area (Å²) in [6.45, 7) is 1.48. The van der Waals surface area contributed by atoms with Gasteiger partial charge in [0.2, 0.25) is 0 Å². The zero-order chi connectivity index (χ0) is 15.6.